The van der Waals surface area contributed by atoms with Crippen LogP contribution in [0.2, 0.25) is 0 Å². The van der Waals surface area contributed by atoms with Crippen LogP contribution in [0.25, 0.3) is 0 Å². The van der Waals surface area contributed by atoms with Crippen molar-refractivity contribution in [3.63, 3.8) is 0 Å². The van der Waals surface area contributed by atoms with Crippen molar-refractivity contribution in [1.82, 2.24) is 19.7 Å². The van der Waals surface area contributed by atoms with Crippen molar-refractivity contribution in [2.24, 2.45) is 7.05 Å². The molecule has 0 aromatic carbocycles. The van der Waals surface area contributed by atoms with Crippen molar-refractivity contribution < 1.29 is 13.2 Å². The van der Waals surface area contributed by atoms with Gasteiger partial charge in [0.2, 0.25) is 0 Å². The molecule has 0 aliphatic rings. The molecule has 0 saturated heterocycles. The fourth-order valence-electron chi connectivity index (χ4n) is 1.46. The summed E-state index contributed by atoms with van der Waals surface area (Å²) in [6.07, 6.45) is -3.08. The number of hydrogen-bond donors (Lipinski definition) is 1. The number of alkyl halides is 3. The zero-order valence-corrected chi connectivity index (χ0v) is 11.6. The van der Waals surface area contributed by atoms with Crippen LogP contribution in [0.5, 0.6) is 0 Å². The van der Waals surface area contributed by atoms with E-state index in [9.17, 15) is 13.2 Å². The minimum atomic E-state index is -4.41. The van der Waals surface area contributed by atoms with Crippen molar-refractivity contribution in [2.45, 2.75) is 23.3 Å². The predicted octanol–water partition coefficient (Wildman–Crippen LogP) is 2.81. The lowest BCUT2D eigenvalue weighted by Crippen LogP contribution is -2.08. The van der Waals surface area contributed by atoms with Gasteiger partial charge in [0.15, 0.2) is 5.16 Å². The molecule has 2 heterocycles. The Morgan fingerprint density at radius 3 is 2.65 bits per heavy atom. The third kappa shape index (κ3) is 3.41. The third-order valence-corrected chi connectivity index (χ3v) is 3.32. The van der Waals surface area contributed by atoms with Gasteiger partial charge in [0.1, 0.15) is 17.2 Å². The van der Waals surface area contributed by atoms with E-state index in [0.29, 0.717) is 11.7 Å². The average molecular weight is 303 g/mol. The predicted molar refractivity (Wildman–Crippen MR) is 68.5 cm³/mol. The van der Waals surface area contributed by atoms with Crippen molar-refractivity contribution in [3.8, 4) is 0 Å². The number of nitrogens with one attached hydrogen (secondary N) is 1. The van der Waals surface area contributed by atoms with Gasteiger partial charge in [0, 0.05) is 13.6 Å². The second-order valence-corrected chi connectivity index (χ2v) is 4.86. The molecule has 0 aliphatic carbocycles. The second-order valence-electron chi connectivity index (χ2n) is 3.88. The van der Waals surface area contributed by atoms with Gasteiger partial charge in [-0.15, -0.1) is 0 Å². The molecule has 0 fully saturated rings. The maximum absolute atomic E-state index is 12.8. The molecule has 0 spiro atoms. The molecule has 0 unspecified atom stereocenters. The highest BCUT2D eigenvalue weighted by molar-refractivity contribution is 7.99. The highest BCUT2D eigenvalue weighted by Gasteiger charge is 2.31. The number of rotatable bonds is 4. The van der Waals surface area contributed by atoms with Crippen LogP contribution in [0.3, 0.4) is 0 Å². The summed E-state index contributed by atoms with van der Waals surface area (Å²) >= 11 is 1.03. The molecule has 0 bridgehead atoms. The molecule has 20 heavy (non-hydrogen) atoms. The monoisotopic (exact) mass is 303 g/mol. The van der Waals surface area contributed by atoms with Crippen LogP contribution in [0.1, 0.15) is 12.5 Å². The molecule has 1 N–H and O–H groups in total. The summed E-state index contributed by atoms with van der Waals surface area (Å²) in [4.78, 5) is 8.08. The lowest BCUT2D eigenvalue weighted by Gasteiger charge is -2.11. The molecular formula is C11H12F3N5S. The molecule has 0 radical (unpaired) electrons. The summed E-state index contributed by atoms with van der Waals surface area (Å²) in [7, 11) is 1.66. The maximum Gasteiger partial charge on any atom is 0.416 e. The van der Waals surface area contributed by atoms with E-state index in [1.165, 1.54) is 11.0 Å². The Balaban J connectivity index is 2.36. The summed E-state index contributed by atoms with van der Waals surface area (Å²) in [6.45, 7) is 2.28. The fraction of sp³-hybridized carbons (Fsp3) is 0.364. The van der Waals surface area contributed by atoms with E-state index in [-0.39, 0.29) is 10.8 Å². The van der Waals surface area contributed by atoms with Crippen LogP contribution in [0.4, 0.5) is 19.0 Å². The molecule has 0 aliphatic heterocycles. The molecule has 108 valence electrons. The third-order valence-electron chi connectivity index (χ3n) is 2.35. The largest absolute Gasteiger partial charge is 0.416 e. The van der Waals surface area contributed by atoms with Crippen molar-refractivity contribution >= 4 is 17.6 Å². The first-order valence-corrected chi connectivity index (χ1v) is 6.57. The molecule has 2 rings (SSSR count). The Labute approximate surface area is 117 Å². The Morgan fingerprint density at radius 2 is 2.10 bits per heavy atom. The van der Waals surface area contributed by atoms with E-state index < -0.39 is 11.7 Å². The lowest BCUT2D eigenvalue weighted by atomic mass is 10.2. The van der Waals surface area contributed by atoms with E-state index in [1.54, 1.807) is 14.0 Å². The van der Waals surface area contributed by atoms with Gasteiger partial charge in [-0.1, -0.05) is 0 Å². The van der Waals surface area contributed by atoms with E-state index in [0.717, 1.165) is 23.9 Å². The molecule has 2 aromatic heterocycles. The number of anilines is 1. The number of halogens is 3. The SMILES string of the molecule is CCNc1cc(C(F)(F)F)cc(Sc2ncnn2C)n1. The smallest absolute Gasteiger partial charge is 0.370 e. The highest BCUT2D eigenvalue weighted by atomic mass is 32.2. The maximum atomic E-state index is 12.8. The normalized spacial score (nSPS) is 11.7. The Bertz CT molecular complexity index is 596. The highest BCUT2D eigenvalue weighted by Crippen LogP contribution is 2.34. The van der Waals surface area contributed by atoms with Gasteiger partial charge >= 0.3 is 6.18 Å². The first-order valence-electron chi connectivity index (χ1n) is 5.75. The summed E-state index contributed by atoms with van der Waals surface area (Å²) in [5.41, 5.74) is -0.742. The second kappa shape index (κ2) is 5.70. The molecule has 9 heteroatoms. The van der Waals surface area contributed by atoms with Gasteiger partial charge in [0.05, 0.1) is 5.56 Å². The summed E-state index contributed by atoms with van der Waals surface area (Å²) in [5, 5.41) is 7.34. The number of hydrogen-bond acceptors (Lipinski definition) is 5. The Morgan fingerprint density at radius 1 is 1.35 bits per heavy atom. The Hall–Kier alpha value is -1.77. The van der Waals surface area contributed by atoms with Gasteiger partial charge < -0.3 is 5.32 Å². The van der Waals surface area contributed by atoms with Gasteiger partial charge in [-0.3, -0.25) is 0 Å². The van der Waals surface area contributed by atoms with Gasteiger partial charge in [-0.25, -0.2) is 14.6 Å². The molecular weight excluding hydrogens is 291 g/mol. The number of pyridine rings is 1. The van der Waals surface area contributed by atoms with Gasteiger partial charge in [0.25, 0.3) is 0 Å². The lowest BCUT2D eigenvalue weighted by molar-refractivity contribution is -0.137. The molecule has 0 saturated carbocycles. The topological polar surface area (TPSA) is 55.6 Å². The van der Waals surface area contributed by atoms with Crippen LogP contribution in [-0.2, 0) is 13.2 Å². The van der Waals surface area contributed by atoms with Crippen LogP contribution in [0.15, 0.2) is 28.6 Å². The standard InChI is InChI=1S/C11H12F3N5S/c1-3-15-8-4-7(11(12,13)14)5-9(18-8)20-10-16-6-17-19(10)2/h4-6H,3H2,1-2H3,(H,15,18). The minimum absolute atomic E-state index is 0.187. The van der Waals surface area contributed by atoms with Crippen molar-refractivity contribution in [3.05, 3.63) is 24.0 Å². The van der Waals surface area contributed by atoms with E-state index in [4.69, 9.17) is 0 Å². The number of aryl methyl sites for hydroxylation is 1. The van der Waals surface area contributed by atoms with E-state index in [2.05, 4.69) is 20.4 Å². The molecule has 5 nitrogen and oxygen atoms in total. The number of nitrogens with zero attached hydrogens (tertiary/aromatic N) is 4. The van der Waals surface area contributed by atoms with Crippen LogP contribution < -0.4 is 5.32 Å². The first-order chi connectivity index (χ1) is 9.40. The van der Waals surface area contributed by atoms with Crippen LogP contribution in [0, 0.1) is 0 Å². The van der Waals surface area contributed by atoms with Crippen molar-refractivity contribution in [2.75, 3.05) is 11.9 Å². The van der Waals surface area contributed by atoms with Crippen molar-refractivity contribution in [1.29, 1.82) is 0 Å². The van der Waals surface area contributed by atoms with E-state index in [1.807, 2.05) is 0 Å². The van der Waals surface area contributed by atoms with E-state index >= 15 is 0 Å². The van der Waals surface area contributed by atoms with Gasteiger partial charge in [-0.05, 0) is 30.8 Å². The molecule has 0 amide bonds. The first kappa shape index (κ1) is 14.6. The average Bonchev–Trinajstić information content (AvgIpc) is 2.74. The van der Waals surface area contributed by atoms with Gasteiger partial charge in [-0.2, -0.15) is 18.3 Å². The fourth-order valence-corrected chi connectivity index (χ4v) is 2.26. The zero-order chi connectivity index (χ0) is 14.8. The summed E-state index contributed by atoms with van der Waals surface area (Å²) in [5.74, 6) is 0.187. The summed E-state index contributed by atoms with van der Waals surface area (Å²) < 4.78 is 40.0. The zero-order valence-electron chi connectivity index (χ0n) is 10.8. The number of aromatic nitrogens is 4. The minimum Gasteiger partial charge on any atom is -0.370 e. The summed E-state index contributed by atoms with van der Waals surface area (Å²) in [6, 6.07) is 1.99. The molecule has 2 aromatic rings. The Kier molecular flexibility index (Phi) is 4.17. The van der Waals surface area contributed by atoms with Crippen LogP contribution in [-0.4, -0.2) is 26.3 Å². The molecule has 0 atom stereocenters. The van der Waals surface area contributed by atoms with Crippen LogP contribution >= 0.6 is 11.8 Å². The quantitative estimate of drug-likeness (QED) is 0.941.